The minimum absolute atomic E-state index is 0.898. The summed E-state index contributed by atoms with van der Waals surface area (Å²) < 4.78 is 10.6. The largest absolute Gasteiger partial charge is 0.456 e. The van der Waals surface area contributed by atoms with Crippen LogP contribution in [0.3, 0.4) is 0 Å². The van der Waals surface area contributed by atoms with Gasteiger partial charge in [-0.05, 0) is 54.6 Å². The van der Waals surface area contributed by atoms with E-state index in [-0.39, 0.29) is 0 Å². The van der Waals surface area contributed by atoms with Gasteiger partial charge in [-0.2, -0.15) is 0 Å². The number of fused-ring (bicyclic) bond motifs is 6. The van der Waals surface area contributed by atoms with Gasteiger partial charge in [0.1, 0.15) is 11.2 Å². The molecule has 134 valence electrons. The highest BCUT2D eigenvalue weighted by molar-refractivity contribution is 9.10. The number of hydrogen-bond donors (Lipinski definition) is 0. The summed E-state index contributed by atoms with van der Waals surface area (Å²) in [5.74, 6) is 0. The van der Waals surface area contributed by atoms with Crippen molar-refractivity contribution in [2.75, 3.05) is 0 Å². The Kier molecular flexibility index (Phi) is 3.49. The Hall–Kier alpha value is -2.56. The third kappa shape index (κ3) is 2.31. The lowest BCUT2D eigenvalue weighted by molar-refractivity contribution is 0.669. The minimum Gasteiger partial charge on any atom is -0.456 e. The van der Waals surface area contributed by atoms with Crippen LogP contribution < -0.4 is 0 Å². The Labute approximate surface area is 177 Å². The molecule has 2 heterocycles. The second kappa shape index (κ2) is 5.97. The van der Waals surface area contributed by atoms with Gasteiger partial charge >= 0.3 is 0 Å². The zero-order valence-corrected chi connectivity index (χ0v) is 17.8. The van der Waals surface area contributed by atoms with Crippen LogP contribution in [0.5, 0.6) is 0 Å². The fourth-order valence-electron chi connectivity index (χ4n) is 4.09. The lowest BCUT2D eigenvalue weighted by Gasteiger charge is -2.07. The van der Waals surface area contributed by atoms with Crippen LogP contribution in [0.25, 0.3) is 49.4 Å². The van der Waals surface area contributed by atoms with Crippen LogP contribution in [-0.4, -0.2) is 4.57 Å². The van der Waals surface area contributed by atoms with Gasteiger partial charge in [-0.1, -0.05) is 56.1 Å². The molecule has 0 radical (unpaired) electrons. The van der Waals surface area contributed by atoms with Gasteiger partial charge < -0.3 is 8.98 Å². The van der Waals surface area contributed by atoms with Crippen molar-refractivity contribution >= 4 is 75.6 Å². The number of nitrogens with zero attached hydrogens (tertiary/aromatic N) is 1. The van der Waals surface area contributed by atoms with Gasteiger partial charge in [0.05, 0.1) is 11.0 Å². The highest BCUT2D eigenvalue weighted by Gasteiger charge is 2.16. The summed E-state index contributed by atoms with van der Waals surface area (Å²) >= 11 is 7.17. The smallest absolute Gasteiger partial charge is 0.136 e. The predicted octanol–water partition coefficient (Wildman–Crippen LogP) is 8.21. The maximum Gasteiger partial charge on any atom is 0.136 e. The molecule has 2 aromatic heterocycles. The average Bonchev–Trinajstić information content (AvgIpc) is 3.20. The van der Waals surface area contributed by atoms with E-state index >= 15 is 0 Å². The molecule has 0 aliphatic heterocycles. The van der Waals surface area contributed by atoms with Crippen molar-refractivity contribution in [3.63, 3.8) is 0 Å². The molecule has 2 nitrogen and oxygen atoms in total. The van der Waals surface area contributed by atoms with Gasteiger partial charge in [0.15, 0.2) is 0 Å². The molecular formula is C24H13Br2NO. The summed E-state index contributed by atoms with van der Waals surface area (Å²) in [6.45, 7) is 0. The summed E-state index contributed by atoms with van der Waals surface area (Å²) in [5, 5.41) is 4.67. The Balaban J connectivity index is 1.83. The zero-order chi connectivity index (χ0) is 18.8. The fraction of sp³-hybridized carbons (Fsp3) is 0. The number of benzene rings is 4. The molecule has 0 saturated carbocycles. The van der Waals surface area contributed by atoms with Gasteiger partial charge in [-0.15, -0.1) is 0 Å². The van der Waals surface area contributed by atoms with Gasteiger partial charge in [0.25, 0.3) is 0 Å². The number of hydrogen-bond acceptors (Lipinski definition) is 1. The van der Waals surface area contributed by atoms with E-state index < -0.39 is 0 Å². The van der Waals surface area contributed by atoms with Crippen LogP contribution >= 0.6 is 31.9 Å². The Morgan fingerprint density at radius 1 is 0.571 bits per heavy atom. The molecule has 0 bridgehead atoms. The Bertz CT molecular complexity index is 1530. The first-order valence-corrected chi connectivity index (χ1v) is 10.6. The molecule has 6 rings (SSSR count). The molecule has 0 amide bonds. The van der Waals surface area contributed by atoms with Crippen molar-refractivity contribution in [2.24, 2.45) is 0 Å². The summed E-state index contributed by atoms with van der Waals surface area (Å²) in [6, 6.07) is 27.6. The topological polar surface area (TPSA) is 18.1 Å². The maximum absolute atomic E-state index is 6.18. The summed E-state index contributed by atoms with van der Waals surface area (Å²) in [7, 11) is 0. The van der Waals surface area contributed by atoms with E-state index in [1.165, 1.54) is 21.8 Å². The van der Waals surface area contributed by atoms with Crippen LogP contribution in [0.2, 0.25) is 0 Å². The highest BCUT2D eigenvalue weighted by Crippen LogP contribution is 2.39. The molecule has 4 aromatic carbocycles. The second-order valence-electron chi connectivity index (χ2n) is 6.94. The maximum atomic E-state index is 6.18. The summed E-state index contributed by atoms with van der Waals surface area (Å²) in [6.07, 6.45) is 0. The standard InChI is InChI=1S/C24H13Br2NO/c25-14-6-8-17-19-13-24-20(18-9-7-15(26)11-23(18)28-24)12-22(19)27(21(17)10-14)16-4-2-1-3-5-16/h1-13H. The Morgan fingerprint density at radius 2 is 1.25 bits per heavy atom. The molecule has 28 heavy (non-hydrogen) atoms. The van der Waals surface area contributed by atoms with Crippen LogP contribution in [0.4, 0.5) is 0 Å². The van der Waals surface area contributed by atoms with E-state index in [9.17, 15) is 0 Å². The van der Waals surface area contributed by atoms with Crippen molar-refractivity contribution in [1.29, 1.82) is 0 Å². The van der Waals surface area contributed by atoms with Crippen molar-refractivity contribution < 1.29 is 4.42 Å². The van der Waals surface area contributed by atoms with Gasteiger partial charge in [0, 0.05) is 36.2 Å². The quantitative estimate of drug-likeness (QED) is 0.227. The lowest BCUT2D eigenvalue weighted by atomic mass is 10.1. The number of para-hydroxylation sites is 1. The minimum atomic E-state index is 0.898. The van der Waals surface area contributed by atoms with E-state index in [1.807, 2.05) is 12.1 Å². The monoisotopic (exact) mass is 489 g/mol. The molecule has 0 aliphatic carbocycles. The normalized spacial score (nSPS) is 11.9. The molecule has 0 aliphatic rings. The first kappa shape index (κ1) is 16.4. The third-order valence-electron chi connectivity index (χ3n) is 5.30. The number of furan rings is 1. The molecule has 0 atom stereocenters. The number of rotatable bonds is 1. The van der Waals surface area contributed by atoms with E-state index in [0.717, 1.165) is 36.6 Å². The number of aromatic nitrogens is 1. The average molecular weight is 491 g/mol. The van der Waals surface area contributed by atoms with Crippen molar-refractivity contribution in [3.8, 4) is 5.69 Å². The molecule has 6 aromatic rings. The van der Waals surface area contributed by atoms with Crippen LogP contribution in [-0.2, 0) is 0 Å². The molecule has 0 spiro atoms. The molecule has 0 N–H and O–H groups in total. The molecule has 0 fully saturated rings. The molecular weight excluding hydrogens is 478 g/mol. The highest BCUT2D eigenvalue weighted by atomic mass is 79.9. The number of halogens is 2. The third-order valence-corrected chi connectivity index (χ3v) is 6.28. The van der Waals surface area contributed by atoms with E-state index in [4.69, 9.17) is 4.42 Å². The zero-order valence-electron chi connectivity index (χ0n) is 14.6. The SMILES string of the molecule is Brc1ccc2c(c1)oc1cc3c4ccc(Br)cc4n(-c4ccccc4)c3cc12. The molecule has 0 unspecified atom stereocenters. The van der Waals surface area contributed by atoms with Gasteiger partial charge in [0.2, 0.25) is 0 Å². The second-order valence-corrected chi connectivity index (χ2v) is 8.77. The van der Waals surface area contributed by atoms with Gasteiger partial charge in [-0.25, -0.2) is 0 Å². The van der Waals surface area contributed by atoms with Crippen LogP contribution in [0, 0.1) is 0 Å². The van der Waals surface area contributed by atoms with E-state index in [0.29, 0.717) is 0 Å². The van der Waals surface area contributed by atoms with Gasteiger partial charge in [-0.3, -0.25) is 0 Å². The van der Waals surface area contributed by atoms with Crippen LogP contribution in [0.1, 0.15) is 0 Å². The molecule has 4 heteroatoms. The van der Waals surface area contributed by atoms with E-state index in [2.05, 4.69) is 103 Å². The lowest BCUT2D eigenvalue weighted by Crippen LogP contribution is -1.92. The van der Waals surface area contributed by atoms with Crippen LogP contribution in [0.15, 0.2) is 92.2 Å². The van der Waals surface area contributed by atoms with Crippen molar-refractivity contribution in [1.82, 2.24) is 4.57 Å². The van der Waals surface area contributed by atoms with Crippen molar-refractivity contribution in [2.45, 2.75) is 0 Å². The fourth-order valence-corrected chi connectivity index (χ4v) is 4.78. The Morgan fingerprint density at radius 3 is 2.07 bits per heavy atom. The summed E-state index contributed by atoms with van der Waals surface area (Å²) in [4.78, 5) is 0. The van der Waals surface area contributed by atoms with E-state index in [1.54, 1.807) is 0 Å². The first-order valence-electron chi connectivity index (χ1n) is 9.00. The van der Waals surface area contributed by atoms with Crippen molar-refractivity contribution in [3.05, 3.63) is 87.8 Å². The first-order chi connectivity index (χ1) is 13.7. The molecule has 0 saturated heterocycles. The predicted molar refractivity (Wildman–Crippen MR) is 123 cm³/mol. The summed E-state index contributed by atoms with van der Waals surface area (Å²) in [5.41, 5.74) is 5.31.